The monoisotopic (exact) mass is 539 g/mol. The van der Waals surface area contributed by atoms with E-state index in [0.29, 0.717) is 0 Å². The number of rotatable bonds is 8. The summed E-state index contributed by atoms with van der Waals surface area (Å²) in [6.45, 7) is -0.451. The van der Waals surface area contributed by atoms with Gasteiger partial charge in [0.2, 0.25) is 0 Å². The van der Waals surface area contributed by atoms with Crippen molar-refractivity contribution < 1.29 is 64.8 Å². The molecule has 0 aromatic heterocycles. The van der Waals surface area contributed by atoms with Gasteiger partial charge < -0.3 is 4.90 Å². The summed E-state index contributed by atoms with van der Waals surface area (Å²) in [4.78, 5) is 1.47. The second kappa shape index (κ2) is 8.15. The number of nitrogens with zero attached hydrogens (tertiary/aromatic N) is 2. The van der Waals surface area contributed by atoms with Gasteiger partial charge in [0, 0.05) is 26.2 Å². The van der Waals surface area contributed by atoms with Crippen molar-refractivity contribution in [1.29, 1.82) is 0 Å². The Balaban J connectivity index is 3.41. The fraction of sp³-hybridized carbons (Fsp3) is 1.00. The van der Waals surface area contributed by atoms with Crippen molar-refractivity contribution in [2.45, 2.75) is 28.9 Å². The van der Waals surface area contributed by atoms with E-state index in [2.05, 4.69) is 0 Å². The highest BCUT2D eigenvalue weighted by Gasteiger charge is 2.83. The molecular weight excluding hydrogens is 525 g/mol. The van der Waals surface area contributed by atoms with Crippen molar-refractivity contribution >= 4 is 30.1 Å². The molecule has 9 nitrogen and oxygen atoms in total. The fourth-order valence-electron chi connectivity index (χ4n) is 2.19. The number of alkyl halides is 9. The molecule has 0 saturated carbocycles. The van der Waals surface area contributed by atoms with Gasteiger partial charge in [-0.2, -0.15) is 43.8 Å². The van der Waals surface area contributed by atoms with E-state index < -0.39 is 69.2 Å². The number of sulfonamides is 3. The minimum absolute atomic E-state index is 0.280. The highest BCUT2D eigenvalue weighted by atomic mass is 32.3. The van der Waals surface area contributed by atoms with Gasteiger partial charge in [-0.15, -0.1) is 0 Å². The second-order valence-corrected chi connectivity index (χ2v) is 11.6. The molecule has 1 aliphatic rings. The van der Waals surface area contributed by atoms with Gasteiger partial charge in [-0.1, -0.05) is 11.1 Å². The largest absolute Gasteiger partial charge is 0.512 e. The molecule has 0 amide bonds. The smallest absolute Gasteiger partial charge is 0.301 e. The summed E-state index contributed by atoms with van der Waals surface area (Å²) in [6.07, 6.45) is 0. The number of piperazine rings is 1. The van der Waals surface area contributed by atoms with Gasteiger partial charge in [0.05, 0.1) is 0 Å². The number of halogens is 9. The number of hydrogen-bond acceptors (Lipinski definition) is 7. The van der Waals surface area contributed by atoms with Crippen LogP contribution >= 0.6 is 0 Å². The van der Waals surface area contributed by atoms with Crippen LogP contribution in [0.25, 0.3) is 0 Å². The molecule has 0 aliphatic carbocycles. The molecule has 0 aromatic carbocycles. The summed E-state index contributed by atoms with van der Waals surface area (Å²) in [5.74, 6) is -7.40. The van der Waals surface area contributed by atoms with Crippen molar-refractivity contribution in [3.8, 4) is 0 Å². The maximum atomic E-state index is 14.1. The summed E-state index contributed by atoms with van der Waals surface area (Å²) in [7, 11) is -21.7. The molecule has 31 heavy (non-hydrogen) atoms. The van der Waals surface area contributed by atoms with Crippen LogP contribution in [0, 0.1) is 0 Å². The Bertz CT molecular complexity index is 986. The van der Waals surface area contributed by atoms with E-state index in [1.165, 1.54) is 4.90 Å². The van der Waals surface area contributed by atoms with Crippen molar-refractivity contribution in [3.05, 3.63) is 0 Å². The molecule has 1 fully saturated rings. The standard InChI is InChI=1S/C10H14F9N3O6S3/c1-2-21-3-5-22(6-4-21)31(27,28)9(15,16)7(11,12)8(13,14)29(23,24)20-30(25,26)10(17,18)19/h20H,2-6H2,1H3. The molecule has 186 valence electrons. The van der Waals surface area contributed by atoms with Gasteiger partial charge in [-0.3, -0.25) is 0 Å². The lowest BCUT2D eigenvalue weighted by atomic mass is 10.3. The van der Waals surface area contributed by atoms with E-state index in [-0.39, 0.29) is 23.9 Å². The minimum atomic E-state index is -7.76. The zero-order valence-electron chi connectivity index (χ0n) is 15.0. The van der Waals surface area contributed by atoms with E-state index in [1.54, 1.807) is 6.92 Å². The van der Waals surface area contributed by atoms with E-state index in [4.69, 9.17) is 0 Å². The first-order chi connectivity index (χ1) is 13.5. The molecule has 0 bridgehead atoms. The molecule has 0 atom stereocenters. The highest BCUT2D eigenvalue weighted by Crippen LogP contribution is 2.51. The van der Waals surface area contributed by atoms with Crippen molar-refractivity contribution in [2.75, 3.05) is 32.7 Å². The molecule has 1 N–H and O–H groups in total. The van der Waals surface area contributed by atoms with Crippen LogP contribution in [-0.2, 0) is 30.1 Å². The Morgan fingerprint density at radius 3 is 1.48 bits per heavy atom. The summed E-state index contributed by atoms with van der Waals surface area (Å²) in [5.41, 5.74) is -6.61. The Labute approximate surface area is 170 Å². The Kier molecular flexibility index (Phi) is 7.40. The molecule has 0 unspecified atom stereocenters. The van der Waals surface area contributed by atoms with Gasteiger partial charge in [0.15, 0.2) is 0 Å². The maximum absolute atomic E-state index is 14.1. The number of hydrogen-bond donors (Lipinski definition) is 1. The third-order valence-corrected chi connectivity index (χ3v) is 9.28. The van der Waals surface area contributed by atoms with Crippen LogP contribution in [-0.4, -0.2) is 89.1 Å². The first kappa shape index (κ1) is 28.1. The SMILES string of the molecule is CCN1CCN(S(=O)(=O)C(F)(F)C(F)(F)C(F)(F)S(=O)(=O)NS(=O)(=O)C(F)(F)F)CC1. The van der Waals surface area contributed by atoms with E-state index in [1.807, 2.05) is 0 Å². The summed E-state index contributed by atoms with van der Waals surface area (Å²) >= 11 is 0. The molecule has 21 heteroatoms. The lowest BCUT2D eigenvalue weighted by Crippen LogP contribution is -2.66. The average molecular weight is 539 g/mol. The lowest BCUT2D eigenvalue weighted by Gasteiger charge is -2.38. The average Bonchev–Trinajstić information content (AvgIpc) is 2.59. The Morgan fingerprint density at radius 1 is 0.710 bits per heavy atom. The van der Waals surface area contributed by atoms with Crippen molar-refractivity contribution in [3.63, 3.8) is 0 Å². The van der Waals surface area contributed by atoms with E-state index >= 15 is 0 Å². The Hall–Kier alpha value is -0.900. The van der Waals surface area contributed by atoms with Gasteiger partial charge in [-0.05, 0) is 6.54 Å². The van der Waals surface area contributed by atoms with Gasteiger partial charge in [0.25, 0.3) is 20.0 Å². The zero-order chi connectivity index (χ0) is 24.9. The predicted octanol–water partition coefficient (Wildman–Crippen LogP) is 0.544. The van der Waals surface area contributed by atoms with Crippen LogP contribution in [0.2, 0.25) is 0 Å². The third kappa shape index (κ3) is 4.61. The highest BCUT2D eigenvalue weighted by molar-refractivity contribution is 8.05. The van der Waals surface area contributed by atoms with Crippen LogP contribution in [0.1, 0.15) is 6.92 Å². The van der Waals surface area contributed by atoms with Crippen LogP contribution in [0.5, 0.6) is 0 Å². The van der Waals surface area contributed by atoms with Gasteiger partial charge >= 0.3 is 32.0 Å². The summed E-state index contributed by atoms with van der Waals surface area (Å²) in [5, 5.41) is -14.2. The zero-order valence-corrected chi connectivity index (χ0v) is 17.5. The molecule has 1 heterocycles. The van der Waals surface area contributed by atoms with E-state index in [0.717, 1.165) is 0 Å². The van der Waals surface area contributed by atoms with Crippen LogP contribution in [0.4, 0.5) is 39.5 Å². The Morgan fingerprint density at radius 2 is 1.13 bits per heavy atom. The van der Waals surface area contributed by atoms with Crippen LogP contribution in [0.15, 0.2) is 0 Å². The molecule has 1 rings (SSSR count). The van der Waals surface area contributed by atoms with E-state index in [9.17, 15) is 64.8 Å². The van der Waals surface area contributed by atoms with Crippen LogP contribution in [0.3, 0.4) is 0 Å². The normalized spacial score (nSPS) is 19.5. The van der Waals surface area contributed by atoms with Crippen LogP contribution < -0.4 is 4.13 Å². The number of nitrogens with one attached hydrogen (secondary N) is 1. The molecule has 0 radical (unpaired) electrons. The first-order valence-corrected chi connectivity index (χ1v) is 12.1. The molecular formula is C10H14F9N3O6S3. The molecule has 1 aliphatic heterocycles. The topological polar surface area (TPSA) is 121 Å². The van der Waals surface area contributed by atoms with Crippen molar-refractivity contribution in [2.24, 2.45) is 0 Å². The second-order valence-electron chi connectivity index (χ2n) is 5.98. The summed E-state index contributed by atoms with van der Waals surface area (Å²) in [6, 6.07) is 0. The minimum Gasteiger partial charge on any atom is -0.301 e. The third-order valence-electron chi connectivity index (χ3n) is 4.04. The summed E-state index contributed by atoms with van der Waals surface area (Å²) < 4.78 is 187. The number of likely N-dealkylation sites (N-methyl/N-ethyl adjacent to an activating group) is 1. The molecule has 0 spiro atoms. The van der Waals surface area contributed by atoms with Gasteiger partial charge in [-0.25, -0.2) is 25.3 Å². The maximum Gasteiger partial charge on any atom is 0.512 e. The lowest BCUT2D eigenvalue weighted by molar-refractivity contribution is -0.245. The predicted molar refractivity (Wildman–Crippen MR) is 84.5 cm³/mol. The fourth-order valence-corrected chi connectivity index (χ4v) is 6.10. The quantitative estimate of drug-likeness (QED) is 0.447. The molecule has 1 saturated heterocycles. The first-order valence-electron chi connectivity index (χ1n) is 7.69. The van der Waals surface area contributed by atoms with Crippen molar-refractivity contribution in [1.82, 2.24) is 13.3 Å². The van der Waals surface area contributed by atoms with Gasteiger partial charge in [0.1, 0.15) is 0 Å². The molecule has 0 aromatic rings.